The van der Waals surface area contributed by atoms with Gasteiger partial charge in [0.1, 0.15) is 11.5 Å². The molecule has 0 heterocycles. The Morgan fingerprint density at radius 1 is 1.54 bits per heavy atom. The van der Waals surface area contributed by atoms with Crippen molar-refractivity contribution in [2.24, 2.45) is 0 Å². The molecule has 1 rings (SSSR count). The molecule has 0 spiro atoms. The number of hydrogen-bond donors (Lipinski definition) is 2. The number of aromatic hydroxyl groups is 1. The Hall–Kier alpha value is -0.220. The van der Waals surface area contributed by atoms with Crippen LogP contribution in [0.15, 0.2) is 24.3 Å². The molecule has 0 fully saturated rings. The summed E-state index contributed by atoms with van der Waals surface area (Å²) in [5, 5.41) is 9.09. The van der Waals surface area contributed by atoms with Gasteiger partial charge in [-0.15, -0.1) is 0 Å². The van der Waals surface area contributed by atoms with Crippen LogP contribution >= 0.6 is 17.1 Å². The van der Waals surface area contributed by atoms with Gasteiger partial charge < -0.3 is 14.5 Å². The molecule has 3 nitrogen and oxygen atoms in total. The first-order valence-electron chi connectivity index (χ1n) is 3.41. The zero-order valence-corrected chi connectivity index (χ0v) is 9.40. The van der Waals surface area contributed by atoms with Gasteiger partial charge in [-0.25, -0.2) is 0 Å². The molecule has 0 aliphatic heterocycles. The molecule has 1 atom stereocenters. The Morgan fingerprint density at radius 3 is 2.77 bits per heavy atom. The molecule has 13 heavy (non-hydrogen) atoms. The first kappa shape index (κ1) is 10.9. The van der Waals surface area contributed by atoms with E-state index in [1.54, 1.807) is 18.4 Å². The number of benzene rings is 1. The van der Waals surface area contributed by atoms with E-state index in [4.69, 9.17) is 21.4 Å². The molecule has 6 heteroatoms. The van der Waals surface area contributed by atoms with Gasteiger partial charge in [0.2, 0.25) is 0 Å². The van der Waals surface area contributed by atoms with Crippen LogP contribution in [0.3, 0.4) is 0 Å². The highest BCUT2D eigenvalue weighted by Gasteiger charge is 2.12. The molecule has 0 saturated heterocycles. The average Bonchev–Trinajstić information content (AvgIpc) is 2.03. The van der Waals surface area contributed by atoms with E-state index in [0.29, 0.717) is 5.75 Å². The third-order valence-electron chi connectivity index (χ3n) is 1.27. The summed E-state index contributed by atoms with van der Waals surface area (Å²) >= 11 is 5.90. The Labute approximate surface area is 85.7 Å². The van der Waals surface area contributed by atoms with Crippen LogP contribution in [0.25, 0.3) is 0 Å². The van der Waals surface area contributed by atoms with Gasteiger partial charge in [0, 0.05) is 6.07 Å². The molecule has 2 N–H and O–H groups in total. The normalized spacial score (nSPS) is 14.9. The zero-order valence-electron chi connectivity index (χ0n) is 6.88. The Balaban J connectivity index is 2.81. The lowest BCUT2D eigenvalue weighted by atomic mass is 10.3. The molecule has 0 amide bonds. The van der Waals surface area contributed by atoms with Gasteiger partial charge >= 0.3 is 0 Å². The molecule has 0 saturated carbocycles. The largest absolute Gasteiger partial charge is 0.508 e. The standard InChI is InChI=1S/C7H9O3PS2/c1-13-11(9,12)10-7-4-2-3-6(8)5-7/h2-5,8H,1H3,(H,9,12). The smallest absolute Gasteiger partial charge is 0.294 e. The maximum Gasteiger partial charge on any atom is 0.294 e. The second kappa shape index (κ2) is 4.33. The summed E-state index contributed by atoms with van der Waals surface area (Å²) in [5.41, 5.74) is -2.78. The van der Waals surface area contributed by atoms with E-state index in [2.05, 4.69) is 0 Å². The molecule has 0 aromatic heterocycles. The number of rotatable bonds is 3. The van der Waals surface area contributed by atoms with Crippen LogP contribution in [0.5, 0.6) is 11.5 Å². The Bertz CT molecular complexity index is 342. The SMILES string of the molecule is CSP(O)(=S)Oc1cccc(O)c1. The molecular weight excluding hydrogens is 227 g/mol. The summed E-state index contributed by atoms with van der Waals surface area (Å²) < 4.78 is 5.12. The maximum atomic E-state index is 9.45. The van der Waals surface area contributed by atoms with Crippen molar-refractivity contribution >= 4 is 28.9 Å². The molecule has 1 aromatic rings. The Kier molecular flexibility index (Phi) is 3.62. The van der Waals surface area contributed by atoms with E-state index in [9.17, 15) is 4.89 Å². The quantitative estimate of drug-likeness (QED) is 0.789. The molecule has 0 aliphatic rings. The van der Waals surface area contributed by atoms with Crippen LogP contribution in [0.1, 0.15) is 0 Å². The van der Waals surface area contributed by atoms with Crippen molar-refractivity contribution in [1.29, 1.82) is 0 Å². The third kappa shape index (κ3) is 3.56. The highest BCUT2D eigenvalue weighted by atomic mass is 32.9. The van der Waals surface area contributed by atoms with E-state index in [1.807, 2.05) is 0 Å². The minimum atomic E-state index is -2.78. The van der Waals surface area contributed by atoms with Crippen molar-refractivity contribution in [3.05, 3.63) is 24.3 Å². The van der Waals surface area contributed by atoms with E-state index in [1.165, 1.54) is 12.1 Å². The van der Waals surface area contributed by atoms with E-state index < -0.39 is 5.69 Å². The third-order valence-corrected chi connectivity index (χ3v) is 5.35. The van der Waals surface area contributed by atoms with Crippen molar-refractivity contribution in [2.45, 2.75) is 0 Å². The van der Waals surface area contributed by atoms with Gasteiger partial charge in [-0.3, -0.25) is 0 Å². The molecule has 0 bridgehead atoms. The minimum Gasteiger partial charge on any atom is -0.508 e. The van der Waals surface area contributed by atoms with Crippen molar-refractivity contribution in [2.75, 3.05) is 6.26 Å². The first-order chi connectivity index (χ1) is 6.03. The van der Waals surface area contributed by atoms with Crippen LogP contribution in [0, 0.1) is 0 Å². The number of phenolic OH excluding ortho intramolecular Hbond substituents is 1. The molecule has 0 aliphatic carbocycles. The van der Waals surface area contributed by atoms with Crippen molar-refractivity contribution in [3.63, 3.8) is 0 Å². The first-order valence-corrected chi connectivity index (χ1v) is 7.91. The molecule has 72 valence electrons. The summed E-state index contributed by atoms with van der Waals surface area (Å²) in [7, 11) is 0. The highest BCUT2D eigenvalue weighted by molar-refractivity contribution is 8.67. The van der Waals surface area contributed by atoms with Crippen LogP contribution < -0.4 is 4.52 Å². The lowest BCUT2D eigenvalue weighted by Crippen LogP contribution is -1.86. The van der Waals surface area contributed by atoms with Crippen molar-refractivity contribution < 1.29 is 14.5 Å². The summed E-state index contributed by atoms with van der Waals surface area (Å²) in [6.45, 7) is 0. The zero-order chi connectivity index (χ0) is 9.90. The topological polar surface area (TPSA) is 49.7 Å². The summed E-state index contributed by atoms with van der Waals surface area (Å²) in [5.74, 6) is 0.480. The lowest BCUT2D eigenvalue weighted by molar-refractivity contribution is 0.466. The fourth-order valence-electron chi connectivity index (χ4n) is 0.711. The van der Waals surface area contributed by atoms with Gasteiger partial charge in [0.15, 0.2) is 0 Å². The molecule has 1 aromatic carbocycles. The second-order valence-corrected chi connectivity index (χ2v) is 8.48. The van der Waals surface area contributed by atoms with Gasteiger partial charge in [-0.1, -0.05) is 17.4 Å². The van der Waals surface area contributed by atoms with Crippen molar-refractivity contribution in [3.8, 4) is 11.5 Å². The lowest BCUT2D eigenvalue weighted by Gasteiger charge is -2.13. The minimum absolute atomic E-state index is 0.0913. The van der Waals surface area contributed by atoms with Gasteiger partial charge in [-0.2, -0.15) is 0 Å². The van der Waals surface area contributed by atoms with Gasteiger partial charge in [0.25, 0.3) is 5.69 Å². The average molecular weight is 236 g/mol. The summed E-state index contributed by atoms with van der Waals surface area (Å²) in [6.07, 6.45) is 1.68. The molecule has 1 unspecified atom stereocenters. The number of phenols is 1. The van der Waals surface area contributed by atoms with E-state index in [0.717, 1.165) is 11.4 Å². The van der Waals surface area contributed by atoms with Crippen LogP contribution in [0.2, 0.25) is 0 Å². The predicted molar refractivity (Wildman–Crippen MR) is 58.8 cm³/mol. The molecular formula is C7H9O3PS2. The van der Waals surface area contributed by atoms with Crippen LogP contribution in [-0.4, -0.2) is 16.3 Å². The summed E-state index contributed by atoms with van der Waals surface area (Å²) in [6, 6.07) is 6.19. The fraction of sp³-hybridized carbons (Fsp3) is 0.143. The van der Waals surface area contributed by atoms with E-state index in [-0.39, 0.29) is 5.75 Å². The van der Waals surface area contributed by atoms with E-state index >= 15 is 0 Å². The van der Waals surface area contributed by atoms with Gasteiger partial charge in [-0.05, 0) is 30.2 Å². The van der Waals surface area contributed by atoms with Crippen molar-refractivity contribution in [1.82, 2.24) is 0 Å². The fourth-order valence-corrected chi connectivity index (χ4v) is 1.91. The molecule has 0 radical (unpaired) electrons. The van der Waals surface area contributed by atoms with Crippen LogP contribution in [0.4, 0.5) is 0 Å². The highest BCUT2D eigenvalue weighted by Crippen LogP contribution is 2.54. The van der Waals surface area contributed by atoms with Gasteiger partial charge in [0.05, 0.1) is 0 Å². The number of hydrogen-bond acceptors (Lipinski definition) is 4. The second-order valence-electron chi connectivity index (χ2n) is 2.24. The predicted octanol–water partition coefficient (Wildman–Crippen LogP) is 2.35. The van der Waals surface area contributed by atoms with Crippen LogP contribution in [-0.2, 0) is 11.8 Å². The maximum absolute atomic E-state index is 9.45. The monoisotopic (exact) mass is 236 g/mol. The Morgan fingerprint density at radius 2 is 2.23 bits per heavy atom. The summed E-state index contributed by atoms with van der Waals surface area (Å²) in [4.78, 5) is 9.45.